The molecule has 6 heteroatoms. The van der Waals surface area contributed by atoms with Crippen LogP contribution in [0.25, 0.3) is 0 Å². The summed E-state index contributed by atoms with van der Waals surface area (Å²) in [5, 5.41) is 11.4. The lowest BCUT2D eigenvalue weighted by molar-refractivity contribution is 0.0874. The predicted molar refractivity (Wildman–Crippen MR) is 65.9 cm³/mol. The van der Waals surface area contributed by atoms with Gasteiger partial charge in [0.25, 0.3) is 5.91 Å². The van der Waals surface area contributed by atoms with E-state index >= 15 is 0 Å². The van der Waals surface area contributed by atoms with Gasteiger partial charge in [-0.25, -0.2) is 8.78 Å². The molecule has 1 unspecified atom stereocenters. The first-order chi connectivity index (χ1) is 8.99. The van der Waals surface area contributed by atoms with E-state index in [1.807, 2.05) is 0 Å². The van der Waals surface area contributed by atoms with Crippen molar-refractivity contribution in [3.63, 3.8) is 0 Å². The normalized spacial score (nSPS) is 12.3. The third-order valence-corrected chi connectivity index (χ3v) is 2.67. The van der Waals surface area contributed by atoms with Gasteiger partial charge in [-0.15, -0.1) is 0 Å². The molecular weight excluding hydrogens is 256 g/mol. The number of aliphatic hydroxyl groups excluding tert-OH is 1. The summed E-state index contributed by atoms with van der Waals surface area (Å²) < 4.78 is 31.5. The predicted octanol–water partition coefficient (Wildman–Crippen LogP) is 1.40. The molecule has 1 aromatic carbocycles. The number of amides is 1. The van der Waals surface area contributed by atoms with Gasteiger partial charge in [-0.3, -0.25) is 4.79 Å². The lowest BCUT2D eigenvalue weighted by Gasteiger charge is -2.17. The number of nitrogens with one attached hydrogen (secondary N) is 1. The van der Waals surface area contributed by atoms with Gasteiger partial charge in [-0.2, -0.15) is 0 Å². The molecule has 19 heavy (non-hydrogen) atoms. The number of halogens is 2. The van der Waals surface area contributed by atoms with E-state index in [0.717, 1.165) is 6.07 Å². The molecule has 0 saturated heterocycles. The fraction of sp³-hybridized carbons (Fsp3) is 0.462. The Bertz CT molecular complexity index is 446. The van der Waals surface area contributed by atoms with E-state index in [4.69, 9.17) is 9.84 Å². The number of methoxy groups -OCH3 is 1. The molecule has 4 nitrogen and oxygen atoms in total. The molecule has 106 valence electrons. The SMILES string of the molecule is COCC(CCO)NC(=O)c1cc(C)c(F)cc1F. The minimum atomic E-state index is -0.916. The van der Waals surface area contributed by atoms with Crippen molar-refractivity contribution in [3.8, 4) is 0 Å². The second-order valence-corrected chi connectivity index (χ2v) is 4.22. The van der Waals surface area contributed by atoms with Crippen molar-refractivity contribution >= 4 is 5.91 Å². The Morgan fingerprint density at radius 3 is 2.68 bits per heavy atom. The molecule has 2 N–H and O–H groups in total. The van der Waals surface area contributed by atoms with Crippen LogP contribution >= 0.6 is 0 Å². The lowest BCUT2D eigenvalue weighted by atomic mass is 10.1. The second-order valence-electron chi connectivity index (χ2n) is 4.22. The van der Waals surface area contributed by atoms with E-state index in [2.05, 4.69) is 5.32 Å². The van der Waals surface area contributed by atoms with Crippen LogP contribution in [0.4, 0.5) is 8.78 Å². The van der Waals surface area contributed by atoms with E-state index in [9.17, 15) is 13.6 Å². The Morgan fingerprint density at radius 2 is 2.11 bits per heavy atom. The highest BCUT2D eigenvalue weighted by molar-refractivity contribution is 5.94. The summed E-state index contributed by atoms with van der Waals surface area (Å²) in [7, 11) is 1.46. The van der Waals surface area contributed by atoms with Crippen LogP contribution in [0, 0.1) is 18.6 Å². The fourth-order valence-corrected chi connectivity index (χ4v) is 1.65. The molecule has 1 atom stereocenters. The molecule has 0 heterocycles. The van der Waals surface area contributed by atoms with Crippen molar-refractivity contribution in [1.29, 1.82) is 0 Å². The molecule has 0 radical (unpaired) electrons. The van der Waals surface area contributed by atoms with Crippen molar-refractivity contribution in [2.75, 3.05) is 20.3 Å². The van der Waals surface area contributed by atoms with Crippen LogP contribution in [0.1, 0.15) is 22.3 Å². The van der Waals surface area contributed by atoms with Crippen LogP contribution in [-0.4, -0.2) is 37.4 Å². The van der Waals surface area contributed by atoms with Gasteiger partial charge in [-0.05, 0) is 25.0 Å². The quantitative estimate of drug-likeness (QED) is 0.823. The number of ether oxygens (including phenoxy) is 1. The summed E-state index contributed by atoms with van der Waals surface area (Å²) >= 11 is 0. The Balaban J connectivity index is 2.84. The summed E-state index contributed by atoms with van der Waals surface area (Å²) in [4.78, 5) is 11.9. The molecule has 0 aliphatic carbocycles. The zero-order valence-electron chi connectivity index (χ0n) is 10.9. The molecule has 0 aliphatic rings. The molecule has 0 spiro atoms. The highest BCUT2D eigenvalue weighted by atomic mass is 19.1. The molecule has 0 aliphatic heterocycles. The van der Waals surface area contributed by atoms with E-state index in [-0.39, 0.29) is 24.3 Å². The molecule has 0 fully saturated rings. The average molecular weight is 273 g/mol. The number of benzene rings is 1. The van der Waals surface area contributed by atoms with Crippen LogP contribution in [0.15, 0.2) is 12.1 Å². The third kappa shape index (κ3) is 4.25. The molecule has 0 bridgehead atoms. The van der Waals surface area contributed by atoms with E-state index in [0.29, 0.717) is 12.5 Å². The monoisotopic (exact) mass is 273 g/mol. The van der Waals surface area contributed by atoms with Crippen molar-refractivity contribution < 1.29 is 23.4 Å². The molecule has 1 amide bonds. The standard InChI is InChI=1S/C13H17F2NO3/c1-8-5-10(12(15)6-11(8)14)13(18)16-9(3-4-17)7-19-2/h5-6,9,17H,3-4,7H2,1-2H3,(H,16,18). The molecule has 0 saturated carbocycles. The first kappa shape index (κ1) is 15.5. The van der Waals surface area contributed by atoms with Crippen LogP contribution in [0.2, 0.25) is 0 Å². The number of carbonyl (C=O) groups excluding carboxylic acids is 1. The molecule has 0 aromatic heterocycles. The zero-order chi connectivity index (χ0) is 14.4. The lowest BCUT2D eigenvalue weighted by Crippen LogP contribution is -2.39. The van der Waals surface area contributed by atoms with Gasteiger partial charge in [0.15, 0.2) is 0 Å². The molecule has 1 aromatic rings. The third-order valence-electron chi connectivity index (χ3n) is 2.67. The summed E-state index contributed by atoms with van der Waals surface area (Å²) in [6.07, 6.45) is 0.293. The van der Waals surface area contributed by atoms with E-state index in [1.54, 1.807) is 0 Å². The number of aliphatic hydroxyl groups is 1. The number of rotatable bonds is 6. The van der Waals surface area contributed by atoms with Gasteiger partial charge in [0.05, 0.1) is 18.2 Å². The Morgan fingerprint density at radius 1 is 1.42 bits per heavy atom. The fourth-order valence-electron chi connectivity index (χ4n) is 1.65. The average Bonchev–Trinajstić information content (AvgIpc) is 2.34. The van der Waals surface area contributed by atoms with Crippen LogP contribution in [0.5, 0.6) is 0 Å². The Kier molecular flexibility index (Phi) is 5.85. The summed E-state index contributed by atoms with van der Waals surface area (Å²) in [5.41, 5.74) is -0.0325. The van der Waals surface area contributed by atoms with Gasteiger partial charge in [-0.1, -0.05) is 0 Å². The van der Waals surface area contributed by atoms with Gasteiger partial charge in [0, 0.05) is 19.8 Å². The Labute approximate surface area is 110 Å². The van der Waals surface area contributed by atoms with Crippen molar-refractivity contribution in [3.05, 3.63) is 34.9 Å². The van der Waals surface area contributed by atoms with Crippen molar-refractivity contribution in [1.82, 2.24) is 5.32 Å². The van der Waals surface area contributed by atoms with Crippen LogP contribution < -0.4 is 5.32 Å². The number of hydrogen-bond donors (Lipinski definition) is 2. The summed E-state index contributed by atoms with van der Waals surface area (Å²) in [5.74, 6) is -2.27. The summed E-state index contributed by atoms with van der Waals surface area (Å²) in [6, 6.07) is 1.41. The largest absolute Gasteiger partial charge is 0.396 e. The van der Waals surface area contributed by atoms with Crippen LogP contribution in [-0.2, 0) is 4.74 Å². The van der Waals surface area contributed by atoms with Crippen molar-refractivity contribution in [2.45, 2.75) is 19.4 Å². The van der Waals surface area contributed by atoms with Gasteiger partial charge in [0.2, 0.25) is 0 Å². The number of carbonyl (C=O) groups is 1. The van der Waals surface area contributed by atoms with Gasteiger partial charge in [0.1, 0.15) is 11.6 Å². The zero-order valence-corrected chi connectivity index (χ0v) is 10.9. The number of hydrogen-bond acceptors (Lipinski definition) is 3. The highest BCUT2D eigenvalue weighted by Crippen LogP contribution is 2.14. The topological polar surface area (TPSA) is 58.6 Å². The second kappa shape index (κ2) is 7.16. The van der Waals surface area contributed by atoms with E-state index < -0.39 is 23.6 Å². The maximum absolute atomic E-state index is 13.5. The molecular formula is C13H17F2NO3. The minimum Gasteiger partial charge on any atom is -0.396 e. The van der Waals surface area contributed by atoms with Crippen LogP contribution in [0.3, 0.4) is 0 Å². The van der Waals surface area contributed by atoms with E-state index in [1.165, 1.54) is 14.0 Å². The maximum Gasteiger partial charge on any atom is 0.254 e. The maximum atomic E-state index is 13.5. The Hall–Kier alpha value is -1.53. The van der Waals surface area contributed by atoms with Gasteiger partial charge >= 0.3 is 0 Å². The minimum absolute atomic E-state index is 0.126. The first-order valence-corrected chi connectivity index (χ1v) is 5.86. The number of aryl methyl sites for hydroxylation is 1. The van der Waals surface area contributed by atoms with Crippen molar-refractivity contribution in [2.24, 2.45) is 0 Å². The first-order valence-electron chi connectivity index (χ1n) is 5.86. The highest BCUT2D eigenvalue weighted by Gasteiger charge is 2.18. The summed E-state index contributed by atoms with van der Waals surface area (Å²) in [6.45, 7) is 1.53. The van der Waals surface area contributed by atoms with Gasteiger partial charge < -0.3 is 15.2 Å². The molecule has 1 rings (SSSR count). The smallest absolute Gasteiger partial charge is 0.254 e.